The summed E-state index contributed by atoms with van der Waals surface area (Å²) in [6.07, 6.45) is 0. The third-order valence-corrected chi connectivity index (χ3v) is 5.92. The number of carbonyl (C=O) groups excluding carboxylic acids is 1. The molecule has 1 unspecified atom stereocenters. The number of β-amino-alcohol motifs (C(OH)–C–C–N with tert-alkyl or cyclic N) is 1. The van der Waals surface area contributed by atoms with E-state index in [9.17, 15) is 23.1 Å². The fraction of sp³-hybridized carbons (Fsp3) is 0.350. The molecule has 0 aromatic heterocycles. The maximum absolute atomic E-state index is 14.5. The molecule has 1 amide bonds. The molecule has 1 fully saturated rings. The first-order chi connectivity index (χ1) is 13.5. The van der Waals surface area contributed by atoms with Crippen molar-refractivity contribution in [2.24, 2.45) is 11.7 Å². The Bertz CT molecular complexity index is 949. The Hall–Kier alpha value is -1.85. The van der Waals surface area contributed by atoms with Crippen LogP contribution < -0.4 is 11.1 Å². The SMILES string of the molecule is CC(C)C(N)C1(O)CN(C(=O)c2ccc(F)c(F)c2Nc2cccc(I)c2F)C1. The maximum atomic E-state index is 14.5. The van der Waals surface area contributed by atoms with Crippen LogP contribution in [0.5, 0.6) is 0 Å². The molecule has 1 atom stereocenters. The summed E-state index contributed by atoms with van der Waals surface area (Å²) in [7, 11) is 0. The Morgan fingerprint density at radius 3 is 2.48 bits per heavy atom. The van der Waals surface area contributed by atoms with E-state index in [2.05, 4.69) is 5.32 Å². The molecule has 29 heavy (non-hydrogen) atoms. The Labute approximate surface area is 180 Å². The third kappa shape index (κ3) is 4.08. The van der Waals surface area contributed by atoms with Gasteiger partial charge in [-0.25, -0.2) is 13.2 Å². The minimum absolute atomic E-state index is 0.00118. The van der Waals surface area contributed by atoms with Crippen molar-refractivity contribution >= 4 is 39.9 Å². The summed E-state index contributed by atoms with van der Waals surface area (Å²) in [5.41, 5.74) is 4.06. The van der Waals surface area contributed by atoms with E-state index < -0.39 is 40.7 Å². The fourth-order valence-electron chi connectivity index (χ4n) is 3.35. The van der Waals surface area contributed by atoms with Crippen LogP contribution in [0.15, 0.2) is 30.3 Å². The number of carbonyl (C=O) groups is 1. The molecule has 0 saturated carbocycles. The smallest absolute Gasteiger partial charge is 0.256 e. The Kier molecular flexibility index (Phi) is 6.11. The van der Waals surface area contributed by atoms with Crippen molar-refractivity contribution in [2.75, 3.05) is 18.4 Å². The highest BCUT2D eigenvalue weighted by Crippen LogP contribution is 2.33. The highest BCUT2D eigenvalue weighted by molar-refractivity contribution is 14.1. The molecule has 0 radical (unpaired) electrons. The van der Waals surface area contributed by atoms with Gasteiger partial charge in [0.15, 0.2) is 17.5 Å². The number of anilines is 2. The average molecular weight is 519 g/mol. The molecule has 3 rings (SSSR count). The van der Waals surface area contributed by atoms with Crippen molar-refractivity contribution in [1.82, 2.24) is 4.90 Å². The lowest BCUT2D eigenvalue weighted by Crippen LogP contribution is -2.71. The number of rotatable bonds is 5. The lowest BCUT2D eigenvalue weighted by atomic mass is 9.80. The molecular weight excluding hydrogens is 498 g/mol. The van der Waals surface area contributed by atoms with E-state index in [-0.39, 0.29) is 33.8 Å². The molecule has 0 aliphatic carbocycles. The summed E-state index contributed by atoms with van der Waals surface area (Å²) in [4.78, 5) is 14.2. The van der Waals surface area contributed by atoms with Gasteiger partial charge in [-0.05, 0) is 52.8 Å². The van der Waals surface area contributed by atoms with E-state index in [1.54, 1.807) is 28.7 Å². The van der Waals surface area contributed by atoms with E-state index in [0.29, 0.717) is 0 Å². The molecule has 2 aromatic rings. The van der Waals surface area contributed by atoms with E-state index in [0.717, 1.165) is 12.1 Å². The lowest BCUT2D eigenvalue weighted by Gasteiger charge is -2.50. The van der Waals surface area contributed by atoms with Gasteiger partial charge in [0.05, 0.1) is 33.6 Å². The number of benzene rings is 2. The second-order valence-electron chi connectivity index (χ2n) is 7.54. The zero-order valence-electron chi connectivity index (χ0n) is 15.8. The van der Waals surface area contributed by atoms with Crippen LogP contribution in [0, 0.1) is 26.9 Å². The Morgan fingerprint density at radius 1 is 1.21 bits per heavy atom. The lowest BCUT2D eigenvalue weighted by molar-refractivity contribution is -0.105. The predicted molar refractivity (Wildman–Crippen MR) is 112 cm³/mol. The summed E-state index contributed by atoms with van der Waals surface area (Å²) in [5, 5.41) is 13.1. The maximum Gasteiger partial charge on any atom is 0.256 e. The molecule has 0 spiro atoms. The van der Waals surface area contributed by atoms with Gasteiger partial charge in [0.2, 0.25) is 0 Å². The monoisotopic (exact) mass is 519 g/mol. The van der Waals surface area contributed by atoms with E-state index >= 15 is 0 Å². The van der Waals surface area contributed by atoms with Crippen LogP contribution in [-0.4, -0.2) is 40.6 Å². The number of halogens is 4. The number of nitrogens with zero attached hydrogens (tertiary/aromatic N) is 1. The molecule has 0 bridgehead atoms. The van der Waals surface area contributed by atoms with Crippen LogP contribution in [0.2, 0.25) is 0 Å². The van der Waals surface area contributed by atoms with Gasteiger partial charge in [-0.2, -0.15) is 0 Å². The number of likely N-dealkylation sites (tertiary alicyclic amines) is 1. The molecule has 1 saturated heterocycles. The summed E-state index contributed by atoms with van der Waals surface area (Å²) < 4.78 is 42.9. The fourth-order valence-corrected chi connectivity index (χ4v) is 3.84. The van der Waals surface area contributed by atoms with Gasteiger partial charge in [0.1, 0.15) is 5.60 Å². The van der Waals surface area contributed by atoms with Gasteiger partial charge in [-0.15, -0.1) is 0 Å². The second kappa shape index (κ2) is 8.11. The first kappa shape index (κ1) is 21.8. The van der Waals surface area contributed by atoms with Gasteiger partial charge in [0, 0.05) is 6.04 Å². The highest BCUT2D eigenvalue weighted by atomic mass is 127. The summed E-state index contributed by atoms with van der Waals surface area (Å²) in [5.74, 6) is -3.71. The van der Waals surface area contributed by atoms with Crippen molar-refractivity contribution < 1.29 is 23.1 Å². The predicted octanol–water partition coefficient (Wildman–Crippen LogP) is 3.62. The van der Waals surface area contributed by atoms with Gasteiger partial charge in [0.25, 0.3) is 5.91 Å². The van der Waals surface area contributed by atoms with Crippen molar-refractivity contribution in [1.29, 1.82) is 0 Å². The molecule has 9 heteroatoms. The number of hydrogen-bond donors (Lipinski definition) is 3. The molecule has 2 aromatic carbocycles. The van der Waals surface area contributed by atoms with Crippen molar-refractivity contribution in [3.05, 3.63) is 56.9 Å². The number of nitrogens with one attached hydrogen (secondary N) is 1. The highest BCUT2D eigenvalue weighted by Gasteiger charge is 2.49. The zero-order valence-corrected chi connectivity index (χ0v) is 18.0. The zero-order chi connectivity index (χ0) is 21.5. The molecule has 4 N–H and O–H groups in total. The van der Waals surface area contributed by atoms with Crippen LogP contribution >= 0.6 is 22.6 Å². The standard InChI is InChI=1S/C20H21F3IN3O2/c1-10(2)18(25)20(29)8-27(9-20)19(28)11-6-7-12(21)15(22)17(11)26-14-5-3-4-13(24)16(14)23/h3-7,10,18,26,29H,8-9,25H2,1-2H3. The summed E-state index contributed by atoms with van der Waals surface area (Å²) in [6, 6.07) is 5.87. The number of nitrogens with two attached hydrogens (primary N) is 1. The van der Waals surface area contributed by atoms with Crippen LogP contribution in [0.4, 0.5) is 24.5 Å². The van der Waals surface area contributed by atoms with Gasteiger partial charge in [-0.1, -0.05) is 19.9 Å². The number of amides is 1. The van der Waals surface area contributed by atoms with E-state index in [1.807, 2.05) is 13.8 Å². The van der Waals surface area contributed by atoms with Crippen molar-refractivity contribution in [2.45, 2.75) is 25.5 Å². The van der Waals surface area contributed by atoms with Crippen LogP contribution in [-0.2, 0) is 0 Å². The van der Waals surface area contributed by atoms with Crippen molar-refractivity contribution in [3.8, 4) is 0 Å². The second-order valence-corrected chi connectivity index (χ2v) is 8.71. The first-order valence-electron chi connectivity index (χ1n) is 9.01. The molecule has 1 heterocycles. The number of aliphatic hydroxyl groups is 1. The van der Waals surface area contributed by atoms with Crippen LogP contribution in [0.3, 0.4) is 0 Å². The molecule has 5 nitrogen and oxygen atoms in total. The van der Waals surface area contributed by atoms with E-state index in [1.165, 1.54) is 17.0 Å². The van der Waals surface area contributed by atoms with Gasteiger partial charge >= 0.3 is 0 Å². The van der Waals surface area contributed by atoms with Gasteiger partial charge in [-0.3, -0.25) is 4.79 Å². The van der Waals surface area contributed by atoms with Crippen molar-refractivity contribution in [3.63, 3.8) is 0 Å². The van der Waals surface area contributed by atoms with E-state index in [4.69, 9.17) is 5.73 Å². The van der Waals surface area contributed by atoms with Crippen LogP contribution in [0.1, 0.15) is 24.2 Å². The number of hydrogen-bond acceptors (Lipinski definition) is 4. The molecule has 156 valence electrons. The minimum atomic E-state index is -1.29. The average Bonchev–Trinajstić information content (AvgIpc) is 2.65. The largest absolute Gasteiger partial charge is 0.385 e. The van der Waals surface area contributed by atoms with Crippen LogP contribution in [0.25, 0.3) is 0 Å². The summed E-state index contributed by atoms with van der Waals surface area (Å²) >= 11 is 1.77. The minimum Gasteiger partial charge on any atom is -0.385 e. The normalized spacial score (nSPS) is 16.5. The quantitative estimate of drug-likeness (QED) is 0.528. The molecular formula is C20H21F3IN3O2. The Morgan fingerprint density at radius 2 is 1.86 bits per heavy atom. The molecule has 1 aliphatic heterocycles. The molecule has 1 aliphatic rings. The summed E-state index contributed by atoms with van der Waals surface area (Å²) in [6.45, 7) is 3.67. The Balaban J connectivity index is 1.90. The van der Waals surface area contributed by atoms with Gasteiger partial charge < -0.3 is 21.1 Å². The third-order valence-electron chi connectivity index (χ3n) is 5.09. The topological polar surface area (TPSA) is 78.6 Å². The first-order valence-corrected chi connectivity index (χ1v) is 10.1.